The van der Waals surface area contributed by atoms with Gasteiger partial charge in [0.05, 0.1) is 6.61 Å². The first-order valence-corrected chi connectivity index (χ1v) is 7.90. The predicted octanol–water partition coefficient (Wildman–Crippen LogP) is 3.10. The third kappa shape index (κ3) is 4.09. The first kappa shape index (κ1) is 16.1. The van der Waals surface area contributed by atoms with E-state index in [1.807, 2.05) is 12.1 Å². The molecule has 0 saturated carbocycles. The molecule has 0 radical (unpaired) electrons. The highest BCUT2D eigenvalue weighted by atomic mass is 35.5. The van der Waals surface area contributed by atoms with Crippen LogP contribution in [0.4, 0.5) is 0 Å². The van der Waals surface area contributed by atoms with Crippen LogP contribution < -0.4 is 5.32 Å². The zero-order valence-corrected chi connectivity index (χ0v) is 13.3. The van der Waals surface area contributed by atoms with Gasteiger partial charge < -0.3 is 10.4 Å². The molecular formula is C15H22Cl2N2O. The molecule has 3 nitrogen and oxygen atoms in total. The number of nitrogens with zero attached hydrogens (tertiary/aromatic N) is 1. The third-order valence-corrected chi connectivity index (χ3v) is 4.53. The van der Waals surface area contributed by atoms with Gasteiger partial charge in [-0.05, 0) is 44.0 Å². The molecule has 0 aromatic heterocycles. The predicted molar refractivity (Wildman–Crippen MR) is 84.6 cm³/mol. The molecule has 2 unspecified atom stereocenters. The quantitative estimate of drug-likeness (QED) is 0.846. The van der Waals surface area contributed by atoms with E-state index in [9.17, 15) is 5.11 Å². The summed E-state index contributed by atoms with van der Waals surface area (Å²) in [5.74, 6) is 0. The van der Waals surface area contributed by atoms with Gasteiger partial charge in [0, 0.05) is 35.2 Å². The molecule has 1 heterocycles. The van der Waals surface area contributed by atoms with Crippen LogP contribution in [0.25, 0.3) is 0 Å². The lowest BCUT2D eigenvalue weighted by molar-refractivity contribution is 0.147. The Morgan fingerprint density at radius 1 is 1.45 bits per heavy atom. The van der Waals surface area contributed by atoms with Gasteiger partial charge in [0.1, 0.15) is 0 Å². The summed E-state index contributed by atoms with van der Waals surface area (Å²) in [5.41, 5.74) is 1.06. The van der Waals surface area contributed by atoms with Gasteiger partial charge >= 0.3 is 0 Å². The van der Waals surface area contributed by atoms with Gasteiger partial charge in [-0.15, -0.1) is 0 Å². The molecule has 0 bridgehead atoms. The van der Waals surface area contributed by atoms with E-state index in [0.29, 0.717) is 22.6 Å². The molecule has 20 heavy (non-hydrogen) atoms. The zero-order valence-electron chi connectivity index (χ0n) is 11.8. The fourth-order valence-electron chi connectivity index (χ4n) is 2.80. The van der Waals surface area contributed by atoms with Crippen molar-refractivity contribution in [2.75, 3.05) is 26.2 Å². The van der Waals surface area contributed by atoms with Crippen molar-refractivity contribution >= 4 is 23.2 Å². The maximum absolute atomic E-state index is 9.30. The number of hydrogen-bond donors (Lipinski definition) is 2. The standard InChI is InChI=1S/C15H22Cl2N2O/c1-11(14-5-4-12(16)9-15(14)17)19(7-8-20)10-13-3-2-6-18-13/h4-5,9,11,13,18,20H,2-3,6-8,10H2,1H3. The summed E-state index contributed by atoms with van der Waals surface area (Å²) in [4.78, 5) is 2.28. The van der Waals surface area contributed by atoms with E-state index in [1.54, 1.807) is 6.07 Å². The normalized spacial score (nSPS) is 20.6. The van der Waals surface area contributed by atoms with Gasteiger partial charge in [0.2, 0.25) is 0 Å². The number of rotatable bonds is 6. The van der Waals surface area contributed by atoms with Crippen LogP contribution in [-0.4, -0.2) is 42.3 Å². The summed E-state index contributed by atoms with van der Waals surface area (Å²) in [6, 6.07) is 6.29. The third-order valence-electron chi connectivity index (χ3n) is 3.96. The van der Waals surface area contributed by atoms with E-state index in [2.05, 4.69) is 17.1 Å². The van der Waals surface area contributed by atoms with Crippen LogP contribution in [0.2, 0.25) is 10.0 Å². The second-order valence-electron chi connectivity index (χ2n) is 5.35. The fraction of sp³-hybridized carbons (Fsp3) is 0.600. The van der Waals surface area contributed by atoms with Crippen LogP contribution in [-0.2, 0) is 0 Å². The molecule has 0 spiro atoms. The molecule has 1 aliphatic rings. The van der Waals surface area contributed by atoms with Crippen molar-refractivity contribution in [3.05, 3.63) is 33.8 Å². The fourth-order valence-corrected chi connectivity index (χ4v) is 3.37. The number of benzene rings is 1. The Kier molecular flexibility index (Phi) is 6.12. The summed E-state index contributed by atoms with van der Waals surface area (Å²) in [6.07, 6.45) is 2.43. The number of hydrogen-bond acceptors (Lipinski definition) is 3. The van der Waals surface area contributed by atoms with Crippen LogP contribution in [0.3, 0.4) is 0 Å². The minimum Gasteiger partial charge on any atom is -0.395 e. The van der Waals surface area contributed by atoms with Gasteiger partial charge in [-0.25, -0.2) is 0 Å². The van der Waals surface area contributed by atoms with Crippen molar-refractivity contribution in [2.45, 2.75) is 31.8 Å². The molecule has 2 rings (SSSR count). The number of nitrogens with one attached hydrogen (secondary N) is 1. The van der Waals surface area contributed by atoms with E-state index >= 15 is 0 Å². The molecule has 1 aliphatic heterocycles. The van der Waals surface area contributed by atoms with E-state index in [-0.39, 0.29) is 12.6 Å². The van der Waals surface area contributed by atoms with Crippen LogP contribution in [0.15, 0.2) is 18.2 Å². The SMILES string of the molecule is CC(c1ccc(Cl)cc1Cl)N(CCO)CC1CCCN1. The molecule has 2 N–H and O–H groups in total. The average molecular weight is 317 g/mol. The smallest absolute Gasteiger partial charge is 0.0558 e. The summed E-state index contributed by atoms with van der Waals surface area (Å²) >= 11 is 12.2. The van der Waals surface area contributed by atoms with Crippen molar-refractivity contribution in [1.29, 1.82) is 0 Å². The van der Waals surface area contributed by atoms with E-state index in [4.69, 9.17) is 23.2 Å². The summed E-state index contributed by atoms with van der Waals surface area (Å²) in [6.45, 7) is 4.95. The summed E-state index contributed by atoms with van der Waals surface area (Å²) in [5, 5.41) is 14.1. The van der Waals surface area contributed by atoms with Crippen molar-refractivity contribution in [2.24, 2.45) is 0 Å². The lowest BCUT2D eigenvalue weighted by Crippen LogP contribution is -2.40. The molecule has 1 aromatic rings. The summed E-state index contributed by atoms with van der Waals surface area (Å²) < 4.78 is 0. The highest BCUT2D eigenvalue weighted by Crippen LogP contribution is 2.30. The largest absolute Gasteiger partial charge is 0.395 e. The minimum atomic E-state index is 0.155. The van der Waals surface area contributed by atoms with E-state index in [1.165, 1.54) is 12.8 Å². The van der Waals surface area contributed by atoms with E-state index in [0.717, 1.165) is 18.7 Å². The molecule has 0 aliphatic carbocycles. The van der Waals surface area contributed by atoms with Gasteiger partial charge in [-0.3, -0.25) is 4.90 Å². The highest BCUT2D eigenvalue weighted by Gasteiger charge is 2.23. The van der Waals surface area contributed by atoms with E-state index < -0.39 is 0 Å². The topological polar surface area (TPSA) is 35.5 Å². The van der Waals surface area contributed by atoms with Gasteiger partial charge in [0.25, 0.3) is 0 Å². The Morgan fingerprint density at radius 3 is 2.85 bits per heavy atom. The lowest BCUT2D eigenvalue weighted by Gasteiger charge is -2.31. The zero-order chi connectivity index (χ0) is 14.5. The number of aliphatic hydroxyl groups is 1. The van der Waals surface area contributed by atoms with Gasteiger partial charge in [0.15, 0.2) is 0 Å². The van der Waals surface area contributed by atoms with Crippen molar-refractivity contribution in [3.8, 4) is 0 Å². The lowest BCUT2D eigenvalue weighted by atomic mass is 10.1. The molecule has 2 atom stereocenters. The van der Waals surface area contributed by atoms with Gasteiger partial charge in [-0.2, -0.15) is 0 Å². The Labute approximate surface area is 130 Å². The Balaban J connectivity index is 2.10. The van der Waals surface area contributed by atoms with Gasteiger partial charge in [-0.1, -0.05) is 29.3 Å². The van der Waals surface area contributed by atoms with Crippen LogP contribution >= 0.6 is 23.2 Å². The molecule has 112 valence electrons. The maximum atomic E-state index is 9.30. The van der Waals surface area contributed by atoms with Crippen LogP contribution in [0.1, 0.15) is 31.4 Å². The Morgan fingerprint density at radius 2 is 2.25 bits per heavy atom. The van der Waals surface area contributed by atoms with Crippen LogP contribution in [0.5, 0.6) is 0 Å². The van der Waals surface area contributed by atoms with Crippen molar-refractivity contribution in [3.63, 3.8) is 0 Å². The second kappa shape index (κ2) is 7.62. The molecule has 1 aromatic carbocycles. The molecule has 1 fully saturated rings. The molecule has 0 amide bonds. The first-order chi connectivity index (χ1) is 9.61. The molecule has 1 saturated heterocycles. The van der Waals surface area contributed by atoms with Crippen LogP contribution in [0, 0.1) is 0 Å². The monoisotopic (exact) mass is 316 g/mol. The Bertz CT molecular complexity index is 436. The van der Waals surface area contributed by atoms with Crippen molar-refractivity contribution in [1.82, 2.24) is 10.2 Å². The number of halogens is 2. The first-order valence-electron chi connectivity index (χ1n) is 7.15. The second-order valence-corrected chi connectivity index (χ2v) is 6.20. The average Bonchev–Trinajstić information content (AvgIpc) is 2.90. The highest BCUT2D eigenvalue weighted by molar-refractivity contribution is 6.35. The van der Waals surface area contributed by atoms with Crippen molar-refractivity contribution < 1.29 is 5.11 Å². The number of aliphatic hydroxyl groups excluding tert-OH is 1. The minimum absolute atomic E-state index is 0.155. The molecular weight excluding hydrogens is 295 g/mol. The Hall–Kier alpha value is -0.320. The summed E-state index contributed by atoms with van der Waals surface area (Å²) in [7, 11) is 0. The maximum Gasteiger partial charge on any atom is 0.0558 e. The molecule has 5 heteroatoms.